The Bertz CT molecular complexity index is 410. The second-order valence-electron chi connectivity index (χ2n) is 6.17. The van der Waals surface area contributed by atoms with Gasteiger partial charge in [-0.05, 0) is 44.7 Å². The number of nitrogens with zero attached hydrogens (tertiary/aromatic N) is 2. The fourth-order valence-electron chi connectivity index (χ4n) is 2.50. The smallest absolute Gasteiger partial charge is 0.0445 e. The van der Waals surface area contributed by atoms with Crippen LogP contribution in [0.1, 0.15) is 44.4 Å². The lowest BCUT2D eigenvalue weighted by Crippen LogP contribution is -2.38. The van der Waals surface area contributed by atoms with Crippen molar-refractivity contribution in [3.63, 3.8) is 0 Å². The van der Waals surface area contributed by atoms with E-state index in [1.165, 1.54) is 30.5 Å². The quantitative estimate of drug-likeness (QED) is 0.853. The summed E-state index contributed by atoms with van der Waals surface area (Å²) in [5.41, 5.74) is 3.78. The maximum Gasteiger partial charge on any atom is 0.0445 e. The molecule has 19 heavy (non-hydrogen) atoms. The summed E-state index contributed by atoms with van der Waals surface area (Å²) in [5.74, 6) is 0.686. The molecule has 0 unspecified atom stereocenters. The van der Waals surface area contributed by atoms with E-state index in [4.69, 9.17) is 0 Å². The predicted octanol–water partition coefficient (Wildman–Crippen LogP) is 3.12. The van der Waals surface area contributed by atoms with E-state index in [1.54, 1.807) is 0 Å². The second kappa shape index (κ2) is 6.38. The molecule has 106 valence electrons. The molecule has 1 heterocycles. The van der Waals surface area contributed by atoms with Crippen molar-refractivity contribution < 1.29 is 0 Å². The summed E-state index contributed by atoms with van der Waals surface area (Å²) in [5, 5.41) is 3.52. The summed E-state index contributed by atoms with van der Waals surface area (Å²) >= 11 is 0. The van der Waals surface area contributed by atoms with Gasteiger partial charge in [-0.15, -0.1) is 0 Å². The number of anilines is 1. The number of nitrogens with one attached hydrogen (secondary N) is 1. The Hall–Kier alpha value is -1.09. The highest BCUT2D eigenvalue weighted by Crippen LogP contribution is 2.30. The van der Waals surface area contributed by atoms with Crippen LogP contribution in [0.25, 0.3) is 0 Å². The molecule has 0 bridgehead atoms. The van der Waals surface area contributed by atoms with E-state index in [9.17, 15) is 0 Å². The molecule has 1 saturated carbocycles. The van der Waals surface area contributed by atoms with Gasteiger partial charge in [0.1, 0.15) is 0 Å². The zero-order valence-electron chi connectivity index (χ0n) is 12.7. The number of aryl methyl sites for hydroxylation is 1. The van der Waals surface area contributed by atoms with Gasteiger partial charge in [0.15, 0.2) is 0 Å². The Balaban J connectivity index is 2.08. The van der Waals surface area contributed by atoms with Gasteiger partial charge < -0.3 is 10.2 Å². The van der Waals surface area contributed by atoms with E-state index in [1.807, 2.05) is 6.20 Å². The highest BCUT2D eigenvalue weighted by Gasteiger charge is 2.23. The van der Waals surface area contributed by atoms with Crippen LogP contribution in [0.3, 0.4) is 0 Å². The molecular formula is C16H27N3. The molecule has 1 aliphatic carbocycles. The van der Waals surface area contributed by atoms with Crippen molar-refractivity contribution in [3.8, 4) is 0 Å². The van der Waals surface area contributed by atoms with E-state index < -0.39 is 0 Å². The summed E-state index contributed by atoms with van der Waals surface area (Å²) in [4.78, 5) is 6.91. The van der Waals surface area contributed by atoms with Crippen LogP contribution in [0.15, 0.2) is 12.3 Å². The van der Waals surface area contributed by atoms with Gasteiger partial charge in [-0.2, -0.15) is 0 Å². The van der Waals surface area contributed by atoms with E-state index in [-0.39, 0.29) is 0 Å². The molecule has 0 spiro atoms. The minimum atomic E-state index is 0.686. The molecule has 3 nitrogen and oxygen atoms in total. The van der Waals surface area contributed by atoms with Crippen LogP contribution in [-0.4, -0.2) is 24.6 Å². The molecule has 2 rings (SSSR count). The number of aromatic nitrogens is 1. The first-order valence-corrected chi connectivity index (χ1v) is 7.47. The molecule has 0 aromatic carbocycles. The summed E-state index contributed by atoms with van der Waals surface area (Å²) in [6.45, 7) is 8.52. The topological polar surface area (TPSA) is 28.2 Å². The Kier molecular flexibility index (Phi) is 4.81. The largest absolute Gasteiger partial charge is 0.371 e. The molecular weight excluding hydrogens is 234 g/mol. The SMILES string of the molecule is Cc1cc(N(C)C2CCC2)c(CNCC(C)C)cn1. The van der Waals surface area contributed by atoms with Crippen molar-refractivity contribution in [3.05, 3.63) is 23.5 Å². The van der Waals surface area contributed by atoms with Crippen LogP contribution in [0.4, 0.5) is 5.69 Å². The molecule has 1 fully saturated rings. The average molecular weight is 261 g/mol. The predicted molar refractivity (Wildman–Crippen MR) is 81.6 cm³/mol. The highest BCUT2D eigenvalue weighted by atomic mass is 15.1. The standard InChI is InChI=1S/C16H27N3/c1-12(2)9-17-10-14-11-18-13(3)8-16(14)19(4)15-6-5-7-15/h8,11-12,15,17H,5-7,9-10H2,1-4H3. The van der Waals surface area contributed by atoms with Crippen LogP contribution in [0.5, 0.6) is 0 Å². The fraction of sp³-hybridized carbons (Fsp3) is 0.688. The summed E-state index contributed by atoms with van der Waals surface area (Å²) in [6, 6.07) is 2.95. The molecule has 0 aliphatic heterocycles. The molecule has 3 heteroatoms. The Labute approximate surface area is 117 Å². The third kappa shape index (κ3) is 3.69. The first kappa shape index (κ1) is 14.3. The van der Waals surface area contributed by atoms with Gasteiger partial charge in [0.05, 0.1) is 0 Å². The average Bonchev–Trinajstić information content (AvgIpc) is 2.28. The maximum absolute atomic E-state index is 4.46. The van der Waals surface area contributed by atoms with E-state index >= 15 is 0 Å². The lowest BCUT2D eigenvalue weighted by molar-refractivity contribution is 0.400. The number of pyridine rings is 1. The van der Waals surface area contributed by atoms with Gasteiger partial charge in [0.2, 0.25) is 0 Å². The van der Waals surface area contributed by atoms with Crippen molar-refractivity contribution >= 4 is 5.69 Å². The van der Waals surface area contributed by atoms with Gasteiger partial charge in [0, 0.05) is 42.8 Å². The van der Waals surface area contributed by atoms with Crippen molar-refractivity contribution in [2.45, 2.75) is 52.6 Å². The fourth-order valence-corrected chi connectivity index (χ4v) is 2.50. The van der Waals surface area contributed by atoms with Crippen molar-refractivity contribution in [2.75, 3.05) is 18.5 Å². The lowest BCUT2D eigenvalue weighted by atomic mass is 9.91. The van der Waals surface area contributed by atoms with Crippen LogP contribution >= 0.6 is 0 Å². The van der Waals surface area contributed by atoms with Crippen LogP contribution in [0, 0.1) is 12.8 Å². The van der Waals surface area contributed by atoms with Gasteiger partial charge in [0.25, 0.3) is 0 Å². The molecule has 1 aromatic heterocycles. The van der Waals surface area contributed by atoms with E-state index in [0.717, 1.165) is 24.8 Å². The first-order valence-electron chi connectivity index (χ1n) is 7.47. The van der Waals surface area contributed by atoms with E-state index in [2.05, 4.69) is 49.1 Å². The molecule has 1 aliphatic rings. The summed E-state index contributed by atoms with van der Waals surface area (Å²) < 4.78 is 0. The minimum absolute atomic E-state index is 0.686. The van der Waals surface area contributed by atoms with Crippen LogP contribution in [0.2, 0.25) is 0 Å². The Morgan fingerprint density at radius 1 is 1.42 bits per heavy atom. The van der Waals surface area contributed by atoms with E-state index in [0.29, 0.717) is 5.92 Å². The van der Waals surface area contributed by atoms with Crippen molar-refractivity contribution in [2.24, 2.45) is 5.92 Å². The summed E-state index contributed by atoms with van der Waals surface area (Å²) in [6.07, 6.45) is 6.07. The molecule has 1 aromatic rings. The van der Waals surface area contributed by atoms with Crippen LogP contribution in [-0.2, 0) is 6.54 Å². The third-order valence-corrected chi connectivity index (χ3v) is 3.97. The van der Waals surface area contributed by atoms with Gasteiger partial charge in [-0.25, -0.2) is 0 Å². The van der Waals surface area contributed by atoms with Gasteiger partial charge in [-0.1, -0.05) is 13.8 Å². The zero-order chi connectivity index (χ0) is 13.8. The monoisotopic (exact) mass is 261 g/mol. The highest BCUT2D eigenvalue weighted by molar-refractivity contribution is 5.54. The molecule has 1 N–H and O–H groups in total. The normalized spacial score (nSPS) is 15.6. The maximum atomic E-state index is 4.46. The second-order valence-corrected chi connectivity index (χ2v) is 6.17. The molecule has 0 amide bonds. The van der Waals surface area contributed by atoms with Crippen LogP contribution < -0.4 is 10.2 Å². The van der Waals surface area contributed by atoms with Crippen molar-refractivity contribution in [1.29, 1.82) is 0 Å². The minimum Gasteiger partial charge on any atom is -0.371 e. The number of hydrogen-bond donors (Lipinski definition) is 1. The van der Waals surface area contributed by atoms with Gasteiger partial charge in [-0.3, -0.25) is 4.98 Å². The Morgan fingerprint density at radius 3 is 2.74 bits per heavy atom. The third-order valence-electron chi connectivity index (χ3n) is 3.97. The van der Waals surface area contributed by atoms with Gasteiger partial charge >= 0.3 is 0 Å². The summed E-state index contributed by atoms with van der Waals surface area (Å²) in [7, 11) is 2.23. The molecule has 0 atom stereocenters. The molecule has 0 saturated heterocycles. The number of rotatable bonds is 6. The molecule has 0 radical (unpaired) electrons. The van der Waals surface area contributed by atoms with Crippen molar-refractivity contribution in [1.82, 2.24) is 10.3 Å². The number of hydrogen-bond acceptors (Lipinski definition) is 3. The lowest BCUT2D eigenvalue weighted by Gasteiger charge is -2.37. The first-order chi connectivity index (χ1) is 9.08. The zero-order valence-corrected chi connectivity index (χ0v) is 12.7. The Morgan fingerprint density at radius 2 is 2.16 bits per heavy atom.